The number of carbonyl (C=O) groups excluding carboxylic acids is 1. The monoisotopic (exact) mass is 285 g/mol. The molecule has 1 fully saturated rings. The van der Waals surface area contributed by atoms with Crippen LogP contribution in [0, 0.1) is 0 Å². The fraction of sp³-hybridized carbons (Fsp3) is 0.333. The van der Waals surface area contributed by atoms with Gasteiger partial charge < -0.3 is 5.32 Å². The predicted molar refractivity (Wildman–Crippen MR) is 73.1 cm³/mol. The Hall–Kier alpha value is -1.26. The van der Waals surface area contributed by atoms with Crippen LogP contribution < -0.4 is 10.6 Å². The van der Waals surface area contributed by atoms with Crippen LogP contribution in [-0.2, 0) is 4.79 Å². The highest BCUT2D eigenvalue weighted by atomic mass is 35.5. The minimum atomic E-state index is -0.535. The summed E-state index contributed by atoms with van der Waals surface area (Å²) in [5.74, 6) is 0.317. The first-order valence-corrected chi connectivity index (χ1v) is 6.45. The minimum absolute atomic E-state index is 0.172. The summed E-state index contributed by atoms with van der Waals surface area (Å²) in [6, 6.07) is 4.69. The Morgan fingerprint density at radius 3 is 2.89 bits per heavy atom. The van der Waals surface area contributed by atoms with Gasteiger partial charge in [0.1, 0.15) is 6.04 Å². The molecule has 0 radical (unpaired) electrons. The molecule has 0 saturated carbocycles. The zero-order chi connectivity index (χ0) is 13.1. The Labute approximate surface area is 115 Å². The van der Waals surface area contributed by atoms with E-state index in [0.29, 0.717) is 28.1 Å². The second-order valence-corrected chi connectivity index (χ2v) is 4.73. The molecule has 1 saturated heterocycles. The number of amides is 1. The first-order valence-electron chi connectivity index (χ1n) is 5.69. The van der Waals surface area contributed by atoms with Crippen molar-refractivity contribution in [2.24, 2.45) is 4.99 Å². The lowest BCUT2D eigenvalue weighted by Gasteiger charge is -2.10. The fourth-order valence-corrected chi connectivity index (χ4v) is 2.12. The van der Waals surface area contributed by atoms with Crippen LogP contribution >= 0.6 is 23.2 Å². The van der Waals surface area contributed by atoms with E-state index in [-0.39, 0.29) is 5.91 Å². The van der Waals surface area contributed by atoms with Crippen molar-refractivity contribution in [2.75, 3.05) is 6.54 Å². The van der Waals surface area contributed by atoms with Crippen LogP contribution in [0.3, 0.4) is 0 Å². The number of benzene rings is 1. The van der Waals surface area contributed by atoms with Crippen molar-refractivity contribution < 1.29 is 4.79 Å². The van der Waals surface area contributed by atoms with E-state index >= 15 is 0 Å². The van der Waals surface area contributed by atoms with Crippen molar-refractivity contribution in [3.63, 3.8) is 0 Å². The average molecular weight is 286 g/mol. The summed E-state index contributed by atoms with van der Waals surface area (Å²) >= 11 is 12.0. The molecule has 0 spiro atoms. The molecule has 0 aliphatic carbocycles. The van der Waals surface area contributed by atoms with Crippen LogP contribution in [0.2, 0.25) is 10.0 Å². The van der Waals surface area contributed by atoms with Crippen LogP contribution in [0.4, 0.5) is 0 Å². The van der Waals surface area contributed by atoms with Crippen molar-refractivity contribution in [3.05, 3.63) is 33.8 Å². The number of aliphatic imine (C=N–C) groups is 1. The number of nitrogens with one attached hydrogen (secondary N) is 2. The SMILES string of the molecule is CCCN=C1NC(=O)C(c2cccc(Cl)c2Cl)N1. The molecule has 1 aromatic rings. The maximum atomic E-state index is 11.9. The largest absolute Gasteiger partial charge is 0.340 e. The van der Waals surface area contributed by atoms with Gasteiger partial charge in [-0.2, -0.15) is 0 Å². The van der Waals surface area contributed by atoms with E-state index in [9.17, 15) is 4.79 Å². The molecule has 4 nitrogen and oxygen atoms in total. The highest BCUT2D eigenvalue weighted by Gasteiger charge is 2.31. The number of nitrogens with zero attached hydrogens (tertiary/aromatic N) is 1. The highest BCUT2D eigenvalue weighted by Crippen LogP contribution is 2.30. The predicted octanol–water partition coefficient (Wildman–Crippen LogP) is 2.52. The molecule has 1 amide bonds. The summed E-state index contributed by atoms with van der Waals surface area (Å²) in [5.41, 5.74) is 0.656. The summed E-state index contributed by atoms with van der Waals surface area (Å²) in [7, 11) is 0. The molecule has 0 bridgehead atoms. The fourth-order valence-electron chi connectivity index (χ4n) is 1.70. The van der Waals surface area contributed by atoms with Crippen LogP contribution in [0.15, 0.2) is 23.2 Å². The van der Waals surface area contributed by atoms with Gasteiger partial charge in [0.25, 0.3) is 5.91 Å². The maximum absolute atomic E-state index is 11.9. The van der Waals surface area contributed by atoms with E-state index in [1.165, 1.54) is 0 Å². The molecule has 1 unspecified atom stereocenters. The zero-order valence-electron chi connectivity index (χ0n) is 9.84. The van der Waals surface area contributed by atoms with Crippen LogP contribution in [0.5, 0.6) is 0 Å². The quantitative estimate of drug-likeness (QED) is 0.897. The zero-order valence-corrected chi connectivity index (χ0v) is 11.3. The van der Waals surface area contributed by atoms with Gasteiger partial charge in [0.15, 0.2) is 5.96 Å². The third-order valence-corrected chi connectivity index (χ3v) is 3.40. The number of hydrogen-bond donors (Lipinski definition) is 2. The lowest BCUT2D eigenvalue weighted by molar-refractivity contribution is -0.120. The van der Waals surface area contributed by atoms with E-state index in [1.54, 1.807) is 18.2 Å². The van der Waals surface area contributed by atoms with E-state index < -0.39 is 6.04 Å². The third-order valence-electron chi connectivity index (χ3n) is 2.57. The minimum Gasteiger partial charge on any atom is -0.340 e. The molecule has 2 N–H and O–H groups in total. The molecule has 2 rings (SSSR count). The molecule has 1 heterocycles. The van der Waals surface area contributed by atoms with Gasteiger partial charge in [-0.3, -0.25) is 15.1 Å². The van der Waals surface area contributed by atoms with Gasteiger partial charge in [0.2, 0.25) is 0 Å². The molecular weight excluding hydrogens is 273 g/mol. The maximum Gasteiger partial charge on any atom is 0.253 e. The van der Waals surface area contributed by atoms with Crippen LogP contribution in [0.1, 0.15) is 24.9 Å². The smallest absolute Gasteiger partial charge is 0.253 e. The highest BCUT2D eigenvalue weighted by molar-refractivity contribution is 6.42. The van der Waals surface area contributed by atoms with Crippen molar-refractivity contribution in [2.45, 2.75) is 19.4 Å². The third kappa shape index (κ3) is 2.60. The summed E-state index contributed by atoms with van der Waals surface area (Å²) in [5, 5.41) is 6.51. The van der Waals surface area contributed by atoms with E-state index in [1.807, 2.05) is 6.92 Å². The molecular formula is C12H13Cl2N3O. The van der Waals surface area contributed by atoms with Gasteiger partial charge in [-0.1, -0.05) is 42.3 Å². The molecule has 1 aromatic carbocycles. The van der Waals surface area contributed by atoms with Gasteiger partial charge in [-0.25, -0.2) is 0 Å². The molecule has 1 atom stereocenters. The molecule has 1 aliphatic rings. The normalized spacial score (nSPS) is 20.9. The average Bonchev–Trinajstić information content (AvgIpc) is 2.71. The Bertz CT molecular complexity index is 502. The van der Waals surface area contributed by atoms with Gasteiger partial charge in [-0.15, -0.1) is 0 Å². The Morgan fingerprint density at radius 2 is 2.17 bits per heavy atom. The van der Waals surface area contributed by atoms with E-state index in [4.69, 9.17) is 23.2 Å². The summed E-state index contributed by atoms with van der Waals surface area (Å²) < 4.78 is 0. The number of guanidine groups is 1. The molecule has 1 aliphatic heterocycles. The summed E-state index contributed by atoms with van der Waals surface area (Å²) in [6.07, 6.45) is 0.920. The number of rotatable bonds is 3. The first kappa shape index (κ1) is 13.2. The van der Waals surface area contributed by atoms with Gasteiger partial charge in [-0.05, 0) is 12.5 Å². The van der Waals surface area contributed by atoms with Crippen molar-refractivity contribution >= 4 is 35.1 Å². The number of carbonyl (C=O) groups is 1. The molecule has 96 valence electrons. The van der Waals surface area contributed by atoms with Gasteiger partial charge in [0.05, 0.1) is 10.0 Å². The van der Waals surface area contributed by atoms with E-state index in [2.05, 4.69) is 15.6 Å². The number of hydrogen-bond acceptors (Lipinski definition) is 2. The van der Waals surface area contributed by atoms with Crippen LogP contribution in [0.25, 0.3) is 0 Å². The standard InChI is InChI=1S/C12H13Cl2N3O/c1-2-6-15-12-16-10(11(18)17-12)7-4-3-5-8(13)9(7)14/h3-5,10H,2,6H2,1H3,(H2,15,16,17,18). The Kier molecular flexibility index (Phi) is 4.09. The topological polar surface area (TPSA) is 53.5 Å². The molecule has 18 heavy (non-hydrogen) atoms. The second-order valence-electron chi connectivity index (χ2n) is 3.94. The van der Waals surface area contributed by atoms with Gasteiger partial charge >= 0.3 is 0 Å². The van der Waals surface area contributed by atoms with E-state index in [0.717, 1.165) is 6.42 Å². The van der Waals surface area contributed by atoms with Crippen molar-refractivity contribution in [1.29, 1.82) is 0 Å². The van der Waals surface area contributed by atoms with Gasteiger partial charge in [0, 0.05) is 12.1 Å². The van der Waals surface area contributed by atoms with Crippen LogP contribution in [-0.4, -0.2) is 18.4 Å². The van der Waals surface area contributed by atoms with Crippen molar-refractivity contribution in [1.82, 2.24) is 10.6 Å². The second kappa shape index (κ2) is 5.59. The lowest BCUT2D eigenvalue weighted by atomic mass is 10.1. The summed E-state index contributed by atoms with van der Waals surface area (Å²) in [4.78, 5) is 16.1. The number of halogens is 2. The summed E-state index contributed by atoms with van der Waals surface area (Å²) in [6.45, 7) is 2.69. The first-order chi connectivity index (χ1) is 8.63. The molecule has 6 heteroatoms. The molecule has 0 aromatic heterocycles. The Balaban J connectivity index is 2.24. The lowest BCUT2D eigenvalue weighted by Crippen LogP contribution is -2.25. The van der Waals surface area contributed by atoms with Crippen molar-refractivity contribution in [3.8, 4) is 0 Å². The Morgan fingerprint density at radius 1 is 1.39 bits per heavy atom.